The number of amides is 2. The summed E-state index contributed by atoms with van der Waals surface area (Å²) in [6.07, 6.45) is 4.26. The van der Waals surface area contributed by atoms with Gasteiger partial charge in [-0.3, -0.25) is 0 Å². The lowest BCUT2D eigenvalue weighted by atomic mass is 9.86. The van der Waals surface area contributed by atoms with Crippen molar-refractivity contribution in [3.8, 4) is 0 Å². The molecule has 13 heavy (non-hydrogen) atoms. The molecule has 0 spiro atoms. The Morgan fingerprint density at radius 1 is 1.77 bits per heavy atom. The molecule has 4 nitrogen and oxygen atoms in total. The van der Waals surface area contributed by atoms with E-state index >= 15 is 0 Å². The molecular weight excluding hydrogens is 166 g/mol. The Labute approximate surface area is 78.6 Å². The van der Waals surface area contributed by atoms with Crippen LogP contribution in [0, 0.1) is 5.41 Å². The van der Waals surface area contributed by atoms with Crippen LogP contribution in [0.4, 0.5) is 4.79 Å². The van der Waals surface area contributed by atoms with Gasteiger partial charge in [-0.05, 0) is 24.7 Å². The van der Waals surface area contributed by atoms with Gasteiger partial charge in [0.15, 0.2) is 0 Å². The van der Waals surface area contributed by atoms with Gasteiger partial charge in [-0.15, -0.1) is 0 Å². The van der Waals surface area contributed by atoms with Gasteiger partial charge in [-0.2, -0.15) is 5.10 Å². The van der Waals surface area contributed by atoms with E-state index in [9.17, 15) is 4.79 Å². The van der Waals surface area contributed by atoms with Crippen LogP contribution in [0.25, 0.3) is 0 Å². The smallest absolute Gasteiger partial charge is 0.332 e. The van der Waals surface area contributed by atoms with E-state index in [1.54, 1.807) is 0 Å². The van der Waals surface area contributed by atoms with Crippen molar-refractivity contribution >= 4 is 11.7 Å². The molecule has 3 N–H and O–H groups in total. The third-order valence-electron chi connectivity index (χ3n) is 2.83. The second-order valence-corrected chi connectivity index (χ2v) is 4.00. The van der Waals surface area contributed by atoms with Gasteiger partial charge in [0.25, 0.3) is 0 Å². The predicted molar refractivity (Wildman–Crippen MR) is 52.4 cm³/mol. The zero-order valence-electron chi connectivity index (χ0n) is 8.26. The molecule has 1 fully saturated rings. The predicted octanol–water partition coefficient (Wildman–Crippen LogP) is 1.61. The van der Waals surface area contributed by atoms with E-state index in [1.165, 1.54) is 0 Å². The lowest BCUT2D eigenvalue weighted by Crippen LogP contribution is -2.25. The number of rotatable bonds is 2. The van der Waals surface area contributed by atoms with Gasteiger partial charge in [0, 0.05) is 5.71 Å². The largest absolute Gasteiger partial charge is 0.350 e. The van der Waals surface area contributed by atoms with Crippen LogP contribution in [-0.4, -0.2) is 11.7 Å². The number of nitrogens with zero attached hydrogens (tertiary/aromatic N) is 1. The number of urea groups is 1. The van der Waals surface area contributed by atoms with Gasteiger partial charge < -0.3 is 5.73 Å². The summed E-state index contributed by atoms with van der Waals surface area (Å²) in [6.45, 7) is 4.43. The molecular formula is C9H17N3O. The molecule has 1 aliphatic carbocycles. The third-order valence-corrected chi connectivity index (χ3v) is 2.83. The van der Waals surface area contributed by atoms with Gasteiger partial charge in [0.1, 0.15) is 0 Å². The summed E-state index contributed by atoms with van der Waals surface area (Å²) in [5.74, 6) is 0. The fourth-order valence-corrected chi connectivity index (χ4v) is 1.65. The third kappa shape index (κ3) is 2.72. The topological polar surface area (TPSA) is 67.5 Å². The Kier molecular flexibility index (Phi) is 2.90. The quantitative estimate of drug-likeness (QED) is 0.627. The van der Waals surface area contributed by atoms with Crippen LogP contribution in [-0.2, 0) is 0 Å². The monoisotopic (exact) mass is 183 g/mol. The molecule has 74 valence electrons. The lowest BCUT2D eigenvalue weighted by molar-refractivity contribution is 0.249. The molecule has 0 heterocycles. The number of nitrogens with one attached hydrogen (secondary N) is 1. The number of nitrogens with two attached hydrogens (primary N) is 1. The van der Waals surface area contributed by atoms with E-state index in [0.717, 1.165) is 31.4 Å². The van der Waals surface area contributed by atoms with Gasteiger partial charge in [-0.1, -0.05) is 20.3 Å². The van der Waals surface area contributed by atoms with E-state index in [0.29, 0.717) is 5.41 Å². The highest BCUT2D eigenvalue weighted by Crippen LogP contribution is 2.38. The van der Waals surface area contributed by atoms with Crippen molar-refractivity contribution in [1.82, 2.24) is 5.43 Å². The van der Waals surface area contributed by atoms with Crippen molar-refractivity contribution in [2.45, 2.75) is 39.5 Å². The summed E-state index contributed by atoms with van der Waals surface area (Å²) < 4.78 is 0. The second-order valence-electron chi connectivity index (χ2n) is 4.00. The fraction of sp³-hybridized carbons (Fsp3) is 0.778. The van der Waals surface area contributed by atoms with Crippen LogP contribution >= 0.6 is 0 Å². The van der Waals surface area contributed by atoms with Gasteiger partial charge in [0.05, 0.1) is 0 Å². The highest BCUT2D eigenvalue weighted by molar-refractivity contribution is 5.88. The average molecular weight is 183 g/mol. The molecule has 0 bridgehead atoms. The molecule has 2 amide bonds. The zero-order valence-corrected chi connectivity index (χ0v) is 8.26. The van der Waals surface area contributed by atoms with Crippen LogP contribution in [0.3, 0.4) is 0 Å². The summed E-state index contributed by atoms with van der Waals surface area (Å²) in [5.41, 5.74) is 8.62. The first-order valence-corrected chi connectivity index (χ1v) is 4.66. The summed E-state index contributed by atoms with van der Waals surface area (Å²) in [7, 11) is 0. The first kappa shape index (κ1) is 10.0. The molecule has 0 saturated heterocycles. The zero-order chi connectivity index (χ0) is 9.90. The number of primary amides is 1. The molecule has 0 aromatic carbocycles. The number of hydrogen-bond donors (Lipinski definition) is 2. The number of carbonyl (C=O) groups is 1. The summed E-state index contributed by atoms with van der Waals surface area (Å²) in [6, 6.07) is -0.586. The number of hydrazone groups is 1. The maximum Gasteiger partial charge on any atom is 0.332 e. The molecule has 1 rings (SSSR count). The highest BCUT2D eigenvalue weighted by Gasteiger charge is 2.30. The minimum atomic E-state index is -0.586. The number of carbonyl (C=O) groups excluding carboxylic acids is 1. The Hall–Kier alpha value is -1.06. The standard InChI is InChI=1S/C9H17N3O/c1-3-9(2)5-4-7(6-9)11-12-8(10)13/h3-6H2,1-2H3,(H3,10,12,13)/b11-7-. The van der Waals surface area contributed by atoms with E-state index < -0.39 is 6.03 Å². The Balaban J connectivity index is 2.49. The van der Waals surface area contributed by atoms with E-state index in [4.69, 9.17) is 5.73 Å². The highest BCUT2D eigenvalue weighted by atomic mass is 16.2. The van der Waals surface area contributed by atoms with Crippen LogP contribution < -0.4 is 11.2 Å². The minimum absolute atomic E-state index is 0.373. The van der Waals surface area contributed by atoms with Crippen molar-refractivity contribution in [3.63, 3.8) is 0 Å². The van der Waals surface area contributed by atoms with Crippen molar-refractivity contribution in [1.29, 1.82) is 0 Å². The van der Waals surface area contributed by atoms with E-state index in [2.05, 4.69) is 24.4 Å². The summed E-state index contributed by atoms with van der Waals surface area (Å²) >= 11 is 0. The Bertz CT molecular complexity index is 237. The normalized spacial score (nSPS) is 30.8. The molecule has 1 aliphatic rings. The Morgan fingerprint density at radius 3 is 2.92 bits per heavy atom. The van der Waals surface area contributed by atoms with E-state index in [-0.39, 0.29) is 0 Å². The molecule has 1 saturated carbocycles. The van der Waals surface area contributed by atoms with Crippen LogP contribution in [0.15, 0.2) is 5.10 Å². The maximum atomic E-state index is 10.4. The molecule has 0 aliphatic heterocycles. The first-order valence-electron chi connectivity index (χ1n) is 4.66. The summed E-state index contributed by atoms with van der Waals surface area (Å²) in [5, 5.41) is 3.96. The SMILES string of the molecule is CCC1(C)CC/C(=N/NC(N)=O)C1. The van der Waals surface area contributed by atoms with Gasteiger partial charge >= 0.3 is 6.03 Å². The van der Waals surface area contributed by atoms with Crippen LogP contribution in [0.5, 0.6) is 0 Å². The van der Waals surface area contributed by atoms with Crippen molar-refractivity contribution < 1.29 is 4.79 Å². The molecule has 0 aromatic heterocycles. The van der Waals surface area contributed by atoms with Gasteiger partial charge in [0.2, 0.25) is 0 Å². The second kappa shape index (κ2) is 3.77. The molecule has 0 aromatic rings. The lowest BCUT2D eigenvalue weighted by Gasteiger charge is -2.19. The van der Waals surface area contributed by atoms with E-state index in [1.807, 2.05) is 0 Å². The molecule has 1 atom stereocenters. The van der Waals surface area contributed by atoms with Gasteiger partial charge in [-0.25, -0.2) is 10.2 Å². The number of hydrogen-bond acceptors (Lipinski definition) is 2. The van der Waals surface area contributed by atoms with Crippen molar-refractivity contribution in [2.75, 3.05) is 0 Å². The molecule has 4 heteroatoms. The van der Waals surface area contributed by atoms with Crippen LogP contribution in [0.1, 0.15) is 39.5 Å². The van der Waals surface area contributed by atoms with Crippen molar-refractivity contribution in [3.05, 3.63) is 0 Å². The van der Waals surface area contributed by atoms with Crippen LogP contribution in [0.2, 0.25) is 0 Å². The summed E-state index contributed by atoms with van der Waals surface area (Å²) in [4.78, 5) is 10.4. The Morgan fingerprint density at radius 2 is 2.46 bits per heavy atom. The van der Waals surface area contributed by atoms with Crippen molar-refractivity contribution in [2.24, 2.45) is 16.3 Å². The fourth-order valence-electron chi connectivity index (χ4n) is 1.65. The minimum Gasteiger partial charge on any atom is -0.350 e. The average Bonchev–Trinajstić information content (AvgIpc) is 2.45. The molecule has 1 unspecified atom stereocenters. The molecule has 0 radical (unpaired) electrons. The maximum absolute atomic E-state index is 10.4. The first-order chi connectivity index (χ1) is 6.06.